The molecule has 0 N–H and O–H groups in total. The number of ether oxygens (including phenoxy) is 1. The van der Waals surface area contributed by atoms with Crippen molar-refractivity contribution in [2.45, 2.75) is 32.9 Å². The molecule has 32 heavy (non-hydrogen) atoms. The van der Waals surface area contributed by atoms with Crippen molar-refractivity contribution in [3.05, 3.63) is 71.5 Å². The van der Waals surface area contributed by atoms with Gasteiger partial charge >= 0.3 is 0 Å². The standard InChI is InChI=1S/C25H28FN3O3/c1-3-18(2)29(24(30)20-10-7-11-21(26)16-20)17-22-23(19-8-5-4-6-9-19)27-32-25(22)28-12-14-31-15-13-28/h4-11,16,18H,3,12-15,17H2,1-2H3. The number of carbonyl (C=O) groups is 1. The summed E-state index contributed by atoms with van der Waals surface area (Å²) < 4.78 is 25.2. The molecule has 0 spiro atoms. The molecule has 4 rings (SSSR count). The Morgan fingerprint density at radius 1 is 1.16 bits per heavy atom. The number of carbonyl (C=O) groups excluding carboxylic acids is 1. The van der Waals surface area contributed by atoms with Crippen LogP contribution in [0.5, 0.6) is 0 Å². The van der Waals surface area contributed by atoms with Gasteiger partial charge in [0.05, 0.1) is 25.3 Å². The fraction of sp³-hybridized carbons (Fsp3) is 0.360. The van der Waals surface area contributed by atoms with Crippen molar-refractivity contribution in [2.24, 2.45) is 0 Å². The van der Waals surface area contributed by atoms with Gasteiger partial charge in [0.2, 0.25) is 5.88 Å². The fourth-order valence-corrected chi connectivity index (χ4v) is 3.89. The van der Waals surface area contributed by atoms with Crippen LogP contribution in [-0.4, -0.2) is 48.3 Å². The van der Waals surface area contributed by atoms with Crippen LogP contribution in [0.25, 0.3) is 11.3 Å². The number of anilines is 1. The van der Waals surface area contributed by atoms with Crippen LogP contribution >= 0.6 is 0 Å². The van der Waals surface area contributed by atoms with E-state index < -0.39 is 5.82 Å². The van der Waals surface area contributed by atoms with E-state index in [0.29, 0.717) is 50.0 Å². The Morgan fingerprint density at radius 3 is 2.59 bits per heavy atom. The zero-order valence-corrected chi connectivity index (χ0v) is 18.5. The predicted molar refractivity (Wildman–Crippen MR) is 121 cm³/mol. The molecule has 3 aromatic rings. The Labute approximate surface area is 187 Å². The van der Waals surface area contributed by atoms with E-state index in [9.17, 15) is 9.18 Å². The molecule has 0 bridgehead atoms. The first kappa shape index (κ1) is 22.0. The molecule has 7 heteroatoms. The second kappa shape index (κ2) is 9.96. The normalized spacial score (nSPS) is 14.9. The Hall–Kier alpha value is -3.19. The first-order valence-electron chi connectivity index (χ1n) is 11.0. The summed E-state index contributed by atoms with van der Waals surface area (Å²) in [7, 11) is 0. The Kier molecular flexibility index (Phi) is 6.85. The smallest absolute Gasteiger partial charge is 0.254 e. The van der Waals surface area contributed by atoms with Crippen LogP contribution in [-0.2, 0) is 11.3 Å². The summed E-state index contributed by atoms with van der Waals surface area (Å²) in [6.07, 6.45) is 0.764. The molecule has 1 saturated heterocycles. The number of aromatic nitrogens is 1. The maximum atomic E-state index is 13.8. The highest BCUT2D eigenvalue weighted by Crippen LogP contribution is 2.34. The van der Waals surface area contributed by atoms with Gasteiger partial charge in [-0.3, -0.25) is 4.79 Å². The summed E-state index contributed by atoms with van der Waals surface area (Å²) in [4.78, 5) is 17.3. The van der Waals surface area contributed by atoms with Crippen LogP contribution in [0.15, 0.2) is 59.1 Å². The summed E-state index contributed by atoms with van der Waals surface area (Å²) in [6.45, 7) is 6.95. The van der Waals surface area contributed by atoms with Crippen molar-refractivity contribution in [3.8, 4) is 11.3 Å². The third kappa shape index (κ3) is 4.67. The van der Waals surface area contributed by atoms with Crippen LogP contribution < -0.4 is 4.90 Å². The first-order valence-corrected chi connectivity index (χ1v) is 11.0. The minimum absolute atomic E-state index is 0.0539. The van der Waals surface area contributed by atoms with Crippen molar-refractivity contribution in [3.63, 3.8) is 0 Å². The number of morpholine rings is 1. The van der Waals surface area contributed by atoms with Crippen molar-refractivity contribution in [1.29, 1.82) is 0 Å². The predicted octanol–water partition coefficient (Wildman–Crippen LogP) is 4.76. The van der Waals surface area contributed by atoms with Gasteiger partial charge in [0, 0.05) is 30.3 Å². The molecule has 1 aliphatic heterocycles. The number of benzene rings is 2. The highest BCUT2D eigenvalue weighted by Gasteiger charge is 2.29. The number of halogens is 1. The lowest BCUT2D eigenvalue weighted by molar-refractivity contribution is 0.0671. The van der Waals surface area contributed by atoms with Gasteiger partial charge in [-0.1, -0.05) is 48.5 Å². The molecule has 1 fully saturated rings. The number of rotatable bonds is 7. The second-order valence-electron chi connectivity index (χ2n) is 7.98. The van der Waals surface area contributed by atoms with E-state index in [-0.39, 0.29) is 11.9 Å². The maximum Gasteiger partial charge on any atom is 0.254 e. The molecule has 2 aromatic carbocycles. The topological polar surface area (TPSA) is 58.8 Å². The number of hydrogen-bond donors (Lipinski definition) is 0. The molecule has 2 heterocycles. The zero-order valence-electron chi connectivity index (χ0n) is 18.5. The largest absolute Gasteiger partial charge is 0.378 e. The summed E-state index contributed by atoms with van der Waals surface area (Å²) in [6, 6.07) is 15.6. The van der Waals surface area contributed by atoms with E-state index in [0.717, 1.165) is 17.5 Å². The van der Waals surface area contributed by atoms with Gasteiger partial charge in [-0.2, -0.15) is 0 Å². The van der Waals surface area contributed by atoms with Crippen molar-refractivity contribution in [1.82, 2.24) is 10.1 Å². The van der Waals surface area contributed by atoms with Crippen LogP contribution in [0.2, 0.25) is 0 Å². The lowest BCUT2D eigenvalue weighted by Crippen LogP contribution is -2.39. The molecule has 6 nitrogen and oxygen atoms in total. The van der Waals surface area contributed by atoms with Gasteiger partial charge < -0.3 is 19.1 Å². The summed E-state index contributed by atoms with van der Waals surface area (Å²) in [5, 5.41) is 4.39. The molecule has 1 atom stereocenters. The van der Waals surface area contributed by atoms with Gasteiger partial charge in [-0.05, 0) is 31.5 Å². The van der Waals surface area contributed by atoms with E-state index in [1.54, 1.807) is 17.0 Å². The number of nitrogens with zero attached hydrogens (tertiary/aromatic N) is 3. The zero-order chi connectivity index (χ0) is 22.5. The lowest BCUT2D eigenvalue weighted by Gasteiger charge is -2.31. The van der Waals surface area contributed by atoms with Crippen molar-refractivity contribution >= 4 is 11.8 Å². The molecule has 0 radical (unpaired) electrons. The Bertz CT molecular complexity index is 1050. The van der Waals surface area contributed by atoms with Gasteiger partial charge in [-0.25, -0.2) is 4.39 Å². The molecule has 1 aromatic heterocycles. The third-order valence-electron chi connectivity index (χ3n) is 5.90. The van der Waals surface area contributed by atoms with Crippen molar-refractivity contribution < 1.29 is 18.4 Å². The highest BCUT2D eigenvalue weighted by atomic mass is 19.1. The average Bonchev–Trinajstić information content (AvgIpc) is 3.26. The van der Waals surface area contributed by atoms with Gasteiger partial charge in [0.25, 0.3) is 5.91 Å². The van der Waals surface area contributed by atoms with E-state index >= 15 is 0 Å². The van der Waals surface area contributed by atoms with E-state index in [1.165, 1.54) is 12.1 Å². The van der Waals surface area contributed by atoms with E-state index in [4.69, 9.17) is 9.26 Å². The fourth-order valence-electron chi connectivity index (χ4n) is 3.89. The molecule has 1 unspecified atom stereocenters. The Morgan fingerprint density at radius 2 is 1.91 bits per heavy atom. The van der Waals surface area contributed by atoms with Crippen LogP contribution in [0.3, 0.4) is 0 Å². The molecule has 0 saturated carbocycles. The highest BCUT2D eigenvalue weighted by molar-refractivity contribution is 5.94. The van der Waals surface area contributed by atoms with Gasteiger partial charge in [0.1, 0.15) is 11.5 Å². The van der Waals surface area contributed by atoms with Crippen LogP contribution in [0.1, 0.15) is 36.2 Å². The Balaban J connectivity index is 1.75. The molecule has 168 valence electrons. The molecular formula is C25H28FN3O3. The summed E-state index contributed by atoms with van der Waals surface area (Å²) in [5.41, 5.74) is 2.82. The maximum absolute atomic E-state index is 13.8. The summed E-state index contributed by atoms with van der Waals surface area (Å²) >= 11 is 0. The molecule has 0 aliphatic carbocycles. The summed E-state index contributed by atoms with van der Waals surface area (Å²) in [5.74, 6) is 0.0170. The molecule has 1 amide bonds. The SMILES string of the molecule is CCC(C)N(Cc1c(-c2ccccc2)noc1N1CCOCC1)C(=O)c1cccc(F)c1. The van der Waals surface area contributed by atoms with E-state index in [1.807, 2.05) is 44.2 Å². The van der Waals surface area contributed by atoms with Crippen molar-refractivity contribution in [2.75, 3.05) is 31.2 Å². The van der Waals surface area contributed by atoms with Crippen LogP contribution in [0, 0.1) is 5.82 Å². The van der Waals surface area contributed by atoms with Gasteiger partial charge in [0.15, 0.2) is 0 Å². The third-order valence-corrected chi connectivity index (χ3v) is 5.90. The van der Waals surface area contributed by atoms with Crippen LogP contribution in [0.4, 0.5) is 10.3 Å². The van der Waals surface area contributed by atoms with Gasteiger partial charge in [-0.15, -0.1) is 0 Å². The number of hydrogen-bond acceptors (Lipinski definition) is 5. The monoisotopic (exact) mass is 437 g/mol. The average molecular weight is 438 g/mol. The first-order chi connectivity index (χ1) is 15.6. The minimum atomic E-state index is -0.427. The second-order valence-corrected chi connectivity index (χ2v) is 7.98. The molecular weight excluding hydrogens is 409 g/mol. The quantitative estimate of drug-likeness (QED) is 0.534. The number of amides is 1. The molecule has 1 aliphatic rings. The minimum Gasteiger partial charge on any atom is -0.378 e. The lowest BCUT2D eigenvalue weighted by atomic mass is 10.0. The van der Waals surface area contributed by atoms with E-state index in [2.05, 4.69) is 10.1 Å².